The Bertz CT molecular complexity index is 996. The number of allylic oxidation sites excluding steroid dienone is 1. The summed E-state index contributed by atoms with van der Waals surface area (Å²) >= 11 is 0. The average Bonchev–Trinajstić information content (AvgIpc) is 3.44. The molecule has 0 fully saturated rings. The van der Waals surface area contributed by atoms with Gasteiger partial charge < -0.3 is 0 Å². The van der Waals surface area contributed by atoms with E-state index in [2.05, 4.69) is 43.3 Å². The van der Waals surface area contributed by atoms with E-state index in [0.29, 0.717) is 0 Å². The van der Waals surface area contributed by atoms with Gasteiger partial charge in [-0.25, -0.2) is 0 Å². The summed E-state index contributed by atoms with van der Waals surface area (Å²) in [6, 6.07) is 15.2. The maximum atomic E-state index is 10.9. The second kappa shape index (κ2) is 17.5. The molecule has 206 valence electrons. The van der Waals surface area contributed by atoms with Gasteiger partial charge in [-0.2, -0.15) is 5.10 Å². The maximum absolute atomic E-state index is 10.9. The van der Waals surface area contributed by atoms with Crippen LogP contribution in [-0.4, -0.2) is 17.2 Å². The highest BCUT2D eigenvalue weighted by molar-refractivity contribution is 6.02. The first-order valence-corrected chi connectivity index (χ1v) is 15.0. The number of hydrazone groups is 1. The topological polar surface area (TPSA) is 58.7 Å². The molecular formula is C33H47N3O2. The van der Waals surface area contributed by atoms with Crippen LogP contribution in [0.2, 0.25) is 0 Å². The van der Waals surface area contributed by atoms with Crippen molar-refractivity contribution in [2.75, 3.05) is 11.6 Å². The summed E-state index contributed by atoms with van der Waals surface area (Å²) in [5, 5.41) is 17.6. The molecule has 0 saturated heterocycles. The molecule has 0 amide bonds. The smallest absolute Gasteiger partial charge is 0.265 e. The van der Waals surface area contributed by atoms with Gasteiger partial charge in [0, 0.05) is 25.1 Å². The lowest BCUT2D eigenvalue weighted by Gasteiger charge is -2.13. The van der Waals surface area contributed by atoms with Crippen molar-refractivity contribution in [2.45, 2.75) is 110 Å². The van der Waals surface area contributed by atoms with Crippen LogP contribution >= 0.6 is 0 Å². The van der Waals surface area contributed by atoms with E-state index in [0.717, 1.165) is 36.3 Å². The zero-order valence-electron chi connectivity index (χ0n) is 23.5. The molecular weight excluding hydrogens is 470 g/mol. The first-order chi connectivity index (χ1) is 18.7. The van der Waals surface area contributed by atoms with Crippen LogP contribution in [0.15, 0.2) is 59.7 Å². The molecule has 2 aromatic carbocycles. The number of nitro groups is 1. The molecule has 3 rings (SSSR count). The van der Waals surface area contributed by atoms with E-state index in [1.807, 2.05) is 5.01 Å². The minimum Gasteiger partial charge on any atom is -0.265 e. The zero-order valence-corrected chi connectivity index (χ0v) is 23.5. The van der Waals surface area contributed by atoms with Crippen LogP contribution < -0.4 is 5.01 Å². The standard InChI is InChI=1S/C33H47N3O2/c1-2-3-4-5-6-7-8-9-10-11-12-13-14-15-16-17-18-29-19-23-31(24-20-29)35-28-27-33(34-35)30-21-25-32(26-22-30)36(37)38/h17-26H,2-16,27-28H2,1H3/b18-17+. The van der Waals surface area contributed by atoms with Crippen LogP contribution in [0, 0.1) is 10.1 Å². The molecule has 0 unspecified atom stereocenters. The van der Waals surface area contributed by atoms with Crippen LogP contribution in [0.5, 0.6) is 0 Å². The van der Waals surface area contributed by atoms with Crippen molar-refractivity contribution < 1.29 is 4.92 Å². The molecule has 0 saturated carbocycles. The molecule has 1 aliphatic rings. The van der Waals surface area contributed by atoms with Crippen LogP contribution in [0.3, 0.4) is 0 Å². The fourth-order valence-corrected chi connectivity index (χ4v) is 5.06. The summed E-state index contributed by atoms with van der Waals surface area (Å²) in [6.45, 7) is 3.10. The van der Waals surface area contributed by atoms with Crippen molar-refractivity contribution in [3.8, 4) is 0 Å². The second-order valence-electron chi connectivity index (χ2n) is 10.6. The summed E-state index contributed by atoms with van der Waals surface area (Å²) < 4.78 is 0. The number of anilines is 1. The lowest BCUT2D eigenvalue weighted by molar-refractivity contribution is -0.384. The van der Waals surface area contributed by atoms with Gasteiger partial charge in [-0.05, 0) is 48.2 Å². The summed E-state index contributed by atoms with van der Waals surface area (Å²) in [5.74, 6) is 0. The molecule has 2 aromatic rings. The third kappa shape index (κ3) is 10.8. The van der Waals surface area contributed by atoms with Gasteiger partial charge in [0.2, 0.25) is 0 Å². The Hall–Kier alpha value is -2.95. The average molecular weight is 518 g/mol. The molecule has 0 aliphatic carbocycles. The number of benzene rings is 2. The lowest BCUT2D eigenvalue weighted by atomic mass is 10.0. The van der Waals surface area contributed by atoms with Gasteiger partial charge in [0.05, 0.1) is 16.3 Å². The Kier molecular flexibility index (Phi) is 13.7. The van der Waals surface area contributed by atoms with Crippen molar-refractivity contribution in [1.82, 2.24) is 0 Å². The van der Waals surface area contributed by atoms with Crippen LogP contribution in [0.25, 0.3) is 6.08 Å². The molecule has 5 nitrogen and oxygen atoms in total. The summed E-state index contributed by atoms with van der Waals surface area (Å²) in [6.07, 6.45) is 26.1. The molecule has 1 heterocycles. The highest BCUT2D eigenvalue weighted by Gasteiger charge is 2.18. The predicted molar refractivity (Wildman–Crippen MR) is 162 cm³/mol. The van der Waals surface area contributed by atoms with Crippen molar-refractivity contribution in [2.24, 2.45) is 5.10 Å². The molecule has 0 atom stereocenters. The van der Waals surface area contributed by atoms with Gasteiger partial charge in [-0.1, -0.05) is 115 Å². The highest BCUT2D eigenvalue weighted by Crippen LogP contribution is 2.24. The summed E-state index contributed by atoms with van der Waals surface area (Å²) in [5.41, 5.74) is 4.32. The largest absolute Gasteiger partial charge is 0.269 e. The molecule has 1 aliphatic heterocycles. The van der Waals surface area contributed by atoms with Crippen molar-refractivity contribution in [3.05, 3.63) is 75.8 Å². The summed E-state index contributed by atoms with van der Waals surface area (Å²) in [4.78, 5) is 10.5. The van der Waals surface area contributed by atoms with E-state index < -0.39 is 0 Å². The van der Waals surface area contributed by atoms with Crippen molar-refractivity contribution in [3.63, 3.8) is 0 Å². The minimum absolute atomic E-state index is 0.109. The van der Waals surface area contributed by atoms with E-state index in [1.165, 1.54) is 95.5 Å². The van der Waals surface area contributed by atoms with Gasteiger partial charge in [-0.3, -0.25) is 15.1 Å². The minimum atomic E-state index is -0.373. The Morgan fingerprint density at radius 2 is 1.34 bits per heavy atom. The number of unbranched alkanes of at least 4 members (excludes halogenated alkanes) is 14. The fraction of sp³-hybridized carbons (Fsp3) is 0.545. The van der Waals surface area contributed by atoms with E-state index in [9.17, 15) is 10.1 Å². The molecule has 0 aromatic heterocycles. The molecule has 38 heavy (non-hydrogen) atoms. The predicted octanol–water partition coefficient (Wildman–Crippen LogP) is 10.1. The van der Waals surface area contributed by atoms with E-state index in [4.69, 9.17) is 5.10 Å². The Labute approximate surface area is 230 Å². The van der Waals surface area contributed by atoms with Gasteiger partial charge in [0.15, 0.2) is 0 Å². The molecule has 0 N–H and O–H groups in total. The number of hydrogen-bond acceptors (Lipinski definition) is 4. The number of rotatable bonds is 19. The van der Waals surface area contributed by atoms with Gasteiger partial charge in [0.25, 0.3) is 5.69 Å². The number of nitrogens with zero attached hydrogens (tertiary/aromatic N) is 3. The van der Waals surface area contributed by atoms with Crippen molar-refractivity contribution in [1.29, 1.82) is 0 Å². The van der Waals surface area contributed by atoms with Crippen molar-refractivity contribution >= 4 is 23.2 Å². The Morgan fingerprint density at radius 3 is 1.89 bits per heavy atom. The normalized spacial score (nSPS) is 13.4. The number of nitro benzene ring substituents is 1. The monoisotopic (exact) mass is 517 g/mol. The van der Waals surface area contributed by atoms with Crippen LogP contribution in [0.4, 0.5) is 11.4 Å². The SMILES string of the molecule is CCCCCCCCCCCCCCCC/C=C/c1ccc(N2CCC(c3ccc([N+](=O)[O-])cc3)=N2)cc1. The van der Waals surface area contributed by atoms with E-state index in [-0.39, 0.29) is 10.6 Å². The zero-order chi connectivity index (χ0) is 26.8. The fourth-order valence-electron chi connectivity index (χ4n) is 5.06. The molecule has 5 heteroatoms. The number of non-ortho nitro benzene ring substituents is 1. The summed E-state index contributed by atoms with van der Waals surface area (Å²) in [7, 11) is 0. The Morgan fingerprint density at radius 1 is 0.789 bits per heavy atom. The van der Waals surface area contributed by atoms with E-state index in [1.54, 1.807) is 24.3 Å². The molecule has 0 bridgehead atoms. The van der Waals surface area contributed by atoms with Gasteiger partial charge >= 0.3 is 0 Å². The second-order valence-corrected chi connectivity index (χ2v) is 10.6. The van der Waals surface area contributed by atoms with Crippen LogP contribution in [0.1, 0.15) is 121 Å². The van der Waals surface area contributed by atoms with Crippen LogP contribution in [-0.2, 0) is 0 Å². The maximum Gasteiger partial charge on any atom is 0.269 e. The third-order valence-corrected chi connectivity index (χ3v) is 7.44. The first-order valence-electron chi connectivity index (χ1n) is 15.0. The molecule has 0 radical (unpaired) electrons. The Balaban J connectivity index is 1.24. The lowest BCUT2D eigenvalue weighted by Crippen LogP contribution is -2.11. The quantitative estimate of drug-likeness (QED) is 0.106. The highest BCUT2D eigenvalue weighted by atomic mass is 16.6. The third-order valence-electron chi connectivity index (χ3n) is 7.44. The van der Waals surface area contributed by atoms with Gasteiger partial charge in [-0.15, -0.1) is 0 Å². The van der Waals surface area contributed by atoms with Gasteiger partial charge in [0.1, 0.15) is 0 Å². The first kappa shape index (κ1) is 29.6. The number of hydrogen-bond donors (Lipinski definition) is 0. The van der Waals surface area contributed by atoms with E-state index >= 15 is 0 Å². The molecule has 0 spiro atoms.